The molecule has 5 nitrogen and oxygen atoms in total. The highest BCUT2D eigenvalue weighted by atomic mass is 32.2. The van der Waals surface area contributed by atoms with Gasteiger partial charge in [-0.3, -0.25) is 9.10 Å². The second-order valence-corrected chi connectivity index (χ2v) is 9.10. The summed E-state index contributed by atoms with van der Waals surface area (Å²) in [7, 11) is -3.93. The second-order valence-electron chi connectivity index (χ2n) is 7.24. The van der Waals surface area contributed by atoms with Gasteiger partial charge in [-0.25, -0.2) is 8.42 Å². The molecule has 0 bridgehead atoms. The molecule has 6 heteroatoms. The Labute approximate surface area is 182 Å². The molecule has 0 heterocycles. The molecule has 4 rings (SSSR count). The Morgan fingerprint density at radius 1 is 0.839 bits per heavy atom. The number of rotatable bonds is 6. The molecule has 31 heavy (non-hydrogen) atoms. The summed E-state index contributed by atoms with van der Waals surface area (Å²) in [6, 6.07) is 28.6. The van der Waals surface area contributed by atoms with Crippen LogP contribution < -0.4 is 9.62 Å². The predicted octanol–water partition coefficient (Wildman–Crippen LogP) is 4.98. The molecule has 0 unspecified atom stereocenters. The van der Waals surface area contributed by atoms with E-state index in [0.29, 0.717) is 11.4 Å². The number of anilines is 2. The minimum absolute atomic E-state index is 0.134. The molecule has 0 radical (unpaired) electrons. The summed E-state index contributed by atoms with van der Waals surface area (Å²) in [6.07, 6.45) is 0. The van der Waals surface area contributed by atoms with E-state index in [1.807, 2.05) is 55.5 Å². The summed E-state index contributed by atoms with van der Waals surface area (Å²) in [5, 5.41) is 4.77. The summed E-state index contributed by atoms with van der Waals surface area (Å²) < 4.78 is 27.9. The van der Waals surface area contributed by atoms with E-state index >= 15 is 0 Å². The van der Waals surface area contributed by atoms with Crippen molar-refractivity contribution in [1.29, 1.82) is 0 Å². The molecule has 0 fully saturated rings. The van der Waals surface area contributed by atoms with Crippen molar-refractivity contribution in [3.63, 3.8) is 0 Å². The van der Waals surface area contributed by atoms with Crippen molar-refractivity contribution in [3.8, 4) is 0 Å². The Kier molecular flexibility index (Phi) is 5.73. The van der Waals surface area contributed by atoms with Crippen LogP contribution in [0, 0.1) is 6.92 Å². The number of fused-ring (bicyclic) bond motifs is 1. The number of carbonyl (C=O) groups excluding carboxylic acids is 1. The zero-order chi connectivity index (χ0) is 21.8. The van der Waals surface area contributed by atoms with E-state index in [4.69, 9.17) is 0 Å². The van der Waals surface area contributed by atoms with Gasteiger partial charge in [-0.05, 0) is 48.2 Å². The Hall–Kier alpha value is -3.64. The topological polar surface area (TPSA) is 66.5 Å². The highest BCUT2D eigenvalue weighted by Crippen LogP contribution is 2.26. The average Bonchev–Trinajstić information content (AvgIpc) is 2.78. The third-order valence-electron chi connectivity index (χ3n) is 4.97. The number of amides is 1. The standard InChI is InChI=1S/C25H22N2O3S/c1-19-9-7-12-21(17-19)27(31(29,30)22-13-3-2-4-14-22)18-25(28)26-24-16-8-11-20-10-5-6-15-23(20)24/h2-17H,18H2,1H3,(H,26,28). The number of benzene rings is 4. The highest BCUT2D eigenvalue weighted by molar-refractivity contribution is 7.92. The summed E-state index contributed by atoms with van der Waals surface area (Å²) in [6.45, 7) is 1.54. The van der Waals surface area contributed by atoms with E-state index < -0.39 is 15.9 Å². The van der Waals surface area contributed by atoms with Crippen LogP contribution in [-0.4, -0.2) is 20.9 Å². The third kappa shape index (κ3) is 4.44. The lowest BCUT2D eigenvalue weighted by Crippen LogP contribution is -2.38. The van der Waals surface area contributed by atoms with Gasteiger partial charge in [0.15, 0.2) is 0 Å². The van der Waals surface area contributed by atoms with Crippen molar-refractivity contribution in [2.75, 3.05) is 16.2 Å². The number of nitrogens with one attached hydrogen (secondary N) is 1. The first kappa shape index (κ1) is 20.6. The van der Waals surface area contributed by atoms with Gasteiger partial charge in [-0.15, -0.1) is 0 Å². The molecule has 0 atom stereocenters. The van der Waals surface area contributed by atoms with Gasteiger partial charge in [0.25, 0.3) is 10.0 Å². The number of carbonyl (C=O) groups is 1. The molecule has 0 aliphatic carbocycles. The number of nitrogens with zero attached hydrogens (tertiary/aromatic N) is 1. The van der Waals surface area contributed by atoms with Gasteiger partial charge in [0.2, 0.25) is 5.91 Å². The summed E-state index contributed by atoms with van der Waals surface area (Å²) >= 11 is 0. The minimum atomic E-state index is -3.93. The lowest BCUT2D eigenvalue weighted by Gasteiger charge is -2.24. The Balaban J connectivity index is 1.68. The van der Waals surface area contributed by atoms with Gasteiger partial charge in [-0.2, -0.15) is 0 Å². The fraction of sp³-hybridized carbons (Fsp3) is 0.0800. The largest absolute Gasteiger partial charge is 0.324 e. The van der Waals surface area contributed by atoms with Crippen LogP contribution in [0.15, 0.2) is 102 Å². The van der Waals surface area contributed by atoms with Crippen LogP contribution in [0.2, 0.25) is 0 Å². The van der Waals surface area contributed by atoms with Gasteiger partial charge < -0.3 is 5.32 Å². The molecule has 4 aromatic carbocycles. The molecule has 156 valence electrons. The predicted molar refractivity (Wildman–Crippen MR) is 125 cm³/mol. The number of sulfonamides is 1. The fourth-order valence-corrected chi connectivity index (χ4v) is 4.91. The Morgan fingerprint density at radius 2 is 1.52 bits per heavy atom. The van der Waals surface area contributed by atoms with Crippen LogP contribution >= 0.6 is 0 Å². The molecule has 0 saturated carbocycles. The van der Waals surface area contributed by atoms with Gasteiger partial charge in [0, 0.05) is 11.1 Å². The van der Waals surface area contributed by atoms with Crippen LogP contribution in [-0.2, 0) is 14.8 Å². The molecule has 0 aliphatic heterocycles. The minimum Gasteiger partial charge on any atom is -0.324 e. The molecule has 1 amide bonds. The van der Waals surface area contributed by atoms with E-state index in [2.05, 4.69) is 5.32 Å². The molecular formula is C25H22N2O3S. The van der Waals surface area contributed by atoms with Crippen LogP contribution in [0.4, 0.5) is 11.4 Å². The van der Waals surface area contributed by atoms with E-state index in [0.717, 1.165) is 20.6 Å². The van der Waals surface area contributed by atoms with E-state index in [-0.39, 0.29) is 11.4 Å². The SMILES string of the molecule is Cc1cccc(N(CC(=O)Nc2cccc3ccccc23)S(=O)(=O)c2ccccc2)c1. The lowest BCUT2D eigenvalue weighted by molar-refractivity contribution is -0.114. The quantitative estimate of drug-likeness (QED) is 0.469. The maximum absolute atomic E-state index is 13.4. The zero-order valence-electron chi connectivity index (χ0n) is 17.0. The first-order chi connectivity index (χ1) is 14.9. The second kappa shape index (κ2) is 8.62. The fourth-order valence-electron chi connectivity index (χ4n) is 3.47. The Morgan fingerprint density at radius 3 is 2.29 bits per heavy atom. The first-order valence-electron chi connectivity index (χ1n) is 9.87. The van der Waals surface area contributed by atoms with Crippen molar-refractivity contribution in [3.05, 3.63) is 103 Å². The van der Waals surface area contributed by atoms with Crippen molar-refractivity contribution in [2.24, 2.45) is 0 Å². The molecule has 4 aromatic rings. The lowest BCUT2D eigenvalue weighted by atomic mass is 10.1. The number of hydrogen-bond acceptors (Lipinski definition) is 3. The maximum atomic E-state index is 13.4. The van der Waals surface area contributed by atoms with Crippen LogP contribution in [0.1, 0.15) is 5.56 Å². The highest BCUT2D eigenvalue weighted by Gasteiger charge is 2.27. The average molecular weight is 431 g/mol. The van der Waals surface area contributed by atoms with Crippen molar-refractivity contribution in [2.45, 2.75) is 11.8 Å². The summed E-state index contributed by atoms with van der Waals surface area (Å²) in [4.78, 5) is 13.1. The zero-order valence-corrected chi connectivity index (χ0v) is 17.8. The molecule has 0 aliphatic rings. The summed E-state index contributed by atoms with van der Waals surface area (Å²) in [5.74, 6) is -0.419. The third-order valence-corrected chi connectivity index (χ3v) is 6.76. The van der Waals surface area contributed by atoms with Crippen molar-refractivity contribution < 1.29 is 13.2 Å². The molecule has 0 aromatic heterocycles. The van der Waals surface area contributed by atoms with Gasteiger partial charge >= 0.3 is 0 Å². The number of hydrogen-bond donors (Lipinski definition) is 1. The van der Waals surface area contributed by atoms with Crippen molar-refractivity contribution in [1.82, 2.24) is 0 Å². The number of aryl methyl sites for hydroxylation is 1. The van der Waals surface area contributed by atoms with Crippen molar-refractivity contribution >= 4 is 38.1 Å². The smallest absolute Gasteiger partial charge is 0.264 e. The maximum Gasteiger partial charge on any atom is 0.264 e. The van der Waals surface area contributed by atoms with E-state index in [1.165, 1.54) is 12.1 Å². The Bertz CT molecular complexity index is 1330. The molecule has 0 saturated heterocycles. The molecule has 0 spiro atoms. The first-order valence-corrected chi connectivity index (χ1v) is 11.3. The molecular weight excluding hydrogens is 408 g/mol. The van der Waals surface area contributed by atoms with Gasteiger partial charge in [-0.1, -0.05) is 66.7 Å². The van der Waals surface area contributed by atoms with E-state index in [1.54, 1.807) is 36.4 Å². The van der Waals surface area contributed by atoms with Gasteiger partial charge in [0.1, 0.15) is 6.54 Å². The van der Waals surface area contributed by atoms with Crippen LogP contribution in [0.3, 0.4) is 0 Å². The summed E-state index contributed by atoms with van der Waals surface area (Å²) in [5.41, 5.74) is 1.99. The van der Waals surface area contributed by atoms with Gasteiger partial charge in [0.05, 0.1) is 10.6 Å². The van der Waals surface area contributed by atoms with Crippen LogP contribution in [0.25, 0.3) is 10.8 Å². The monoisotopic (exact) mass is 430 g/mol. The molecule has 1 N–H and O–H groups in total. The van der Waals surface area contributed by atoms with Crippen LogP contribution in [0.5, 0.6) is 0 Å². The van der Waals surface area contributed by atoms with E-state index in [9.17, 15) is 13.2 Å². The normalized spacial score (nSPS) is 11.3.